The van der Waals surface area contributed by atoms with Gasteiger partial charge in [0.05, 0.1) is 10.9 Å². The van der Waals surface area contributed by atoms with Gasteiger partial charge in [-0.25, -0.2) is 4.39 Å². The van der Waals surface area contributed by atoms with Crippen molar-refractivity contribution in [3.8, 4) is 0 Å². The van der Waals surface area contributed by atoms with Crippen molar-refractivity contribution >= 4 is 10.9 Å². The largest absolute Gasteiger partial charge is 0.405 e. The van der Waals surface area contributed by atoms with Crippen LogP contribution < -0.4 is 5.73 Å². The monoisotopic (exact) mass is 307 g/mol. The van der Waals surface area contributed by atoms with Crippen molar-refractivity contribution < 1.29 is 13.5 Å². The lowest BCUT2D eigenvalue weighted by atomic mass is 9.68. The van der Waals surface area contributed by atoms with Crippen LogP contribution in [-0.4, -0.2) is 17.3 Å². The van der Waals surface area contributed by atoms with Crippen molar-refractivity contribution in [2.75, 3.05) is 7.11 Å². The molecule has 2 unspecified atom stereocenters. The van der Waals surface area contributed by atoms with Crippen LogP contribution in [0, 0.1) is 17.7 Å². The van der Waals surface area contributed by atoms with E-state index in [9.17, 15) is 8.78 Å². The van der Waals surface area contributed by atoms with Gasteiger partial charge in [-0.2, -0.15) is 9.49 Å². The molecule has 1 heterocycles. The molecule has 1 fully saturated rings. The summed E-state index contributed by atoms with van der Waals surface area (Å²) < 4.78 is 34.1. The maximum absolute atomic E-state index is 14.2. The quantitative estimate of drug-likeness (QED) is 0.894. The van der Waals surface area contributed by atoms with E-state index in [1.54, 1.807) is 7.11 Å². The smallest absolute Gasteiger partial charge is 0.217 e. The fourth-order valence-corrected chi connectivity index (χ4v) is 3.76. The zero-order valence-corrected chi connectivity index (χ0v) is 12.6. The second kappa shape index (κ2) is 5.35. The summed E-state index contributed by atoms with van der Waals surface area (Å²) in [7, 11) is 1.56. The van der Waals surface area contributed by atoms with Gasteiger partial charge in [0, 0.05) is 18.7 Å². The van der Waals surface area contributed by atoms with E-state index >= 15 is 0 Å². The van der Waals surface area contributed by atoms with E-state index in [0.29, 0.717) is 5.56 Å². The molecule has 0 aliphatic heterocycles. The first-order valence-electron chi connectivity index (χ1n) is 7.34. The molecule has 4 nitrogen and oxygen atoms in total. The minimum atomic E-state index is -0.932. The lowest BCUT2D eigenvalue weighted by Crippen LogP contribution is -2.41. The molecule has 1 aliphatic carbocycles. The van der Waals surface area contributed by atoms with Gasteiger partial charge in [0.1, 0.15) is 11.4 Å². The Morgan fingerprint density at radius 3 is 2.91 bits per heavy atom. The molecule has 3 rings (SSSR count). The molecule has 1 aromatic carbocycles. The number of aromatic amines is 1. The molecule has 0 spiro atoms. The van der Waals surface area contributed by atoms with Gasteiger partial charge in [0.25, 0.3) is 0 Å². The summed E-state index contributed by atoms with van der Waals surface area (Å²) in [5.74, 6) is -1.02. The lowest BCUT2D eigenvalue weighted by Gasteiger charge is -2.44. The third-order valence-electron chi connectivity index (χ3n) is 4.75. The standard InChI is InChI=1S/C16H19F2N3O/c1-9-4-3-5-10(8-19)16(9,22-2)12-6-11(17)7-13-14(12)15(18)21-20-13/h6-9H,3-5,19H2,1-2H3,(H,20,21)/b10-8+. The fourth-order valence-electron chi connectivity index (χ4n) is 3.76. The van der Waals surface area contributed by atoms with E-state index < -0.39 is 17.4 Å². The first-order chi connectivity index (χ1) is 10.5. The van der Waals surface area contributed by atoms with Crippen LogP contribution in [-0.2, 0) is 10.3 Å². The highest BCUT2D eigenvalue weighted by Crippen LogP contribution is 2.49. The number of H-pyrrole nitrogens is 1. The molecular weight excluding hydrogens is 288 g/mol. The number of aromatic nitrogens is 2. The van der Waals surface area contributed by atoms with Crippen molar-refractivity contribution in [3.63, 3.8) is 0 Å². The zero-order chi connectivity index (χ0) is 15.9. The normalized spacial score (nSPS) is 27.6. The molecule has 22 heavy (non-hydrogen) atoms. The Kier molecular flexibility index (Phi) is 3.64. The molecular formula is C16H19F2N3O. The third-order valence-corrected chi connectivity index (χ3v) is 4.75. The minimum Gasteiger partial charge on any atom is -0.405 e. The highest BCUT2D eigenvalue weighted by atomic mass is 19.1. The average Bonchev–Trinajstić information content (AvgIpc) is 2.87. The van der Waals surface area contributed by atoms with Crippen LogP contribution in [0.2, 0.25) is 0 Å². The molecule has 0 saturated heterocycles. The molecule has 2 aromatic rings. The van der Waals surface area contributed by atoms with Gasteiger partial charge in [-0.05, 0) is 43.0 Å². The number of methoxy groups -OCH3 is 1. The average molecular weight is 307 g/mol. The number of hydrogen-bond acceptors (Lipinski definition) is 3. The zero-order valence-electron chi connectivity index (χ0n) is 12.6. The molecule has 6 heteroatoms. The van der Waals surface area contributed by atoms with Crippen molar-refractivity contribution in [1.82, 2.24) is 10.2 Å². The molecule has 0 bridgehead atoms. The lowest BCUT2D eigenvalue weighted by molar-refractivity contribution is -0.0422. The van der Waals surface area contributed by atoms with Crippen molar-refractivity contribution in [3.05, 3.63) is 41.2 Å². The van der Waals surface area contributed by atoms with Crippen LogP contribution in [0.4, 0.5) is 8.78 Å². The number of nitrogens with two attached hydrogens (primary N) is 1. The van der Waals surface area contributed by atoms with Gasteiger partial charge in [-0.15, -0.1) is 0 Å². The van der Waals surface area contributed by atoms with E-state index in [1.165, 1.54) is 18.3 Å². The van der Waals surface area contributed by atoms with Crippen molar-refractivity contribution in [1.29, 1.82) is 0 Å². The minimum absolute atomic E-state index is 0.0420. The molecule has 2 atom stereocenters. The summed E-state index contributed by atoms with van der Waals surface area (Å²) in [4.78, 5) is 0. The van der Waals surface area contributed by atoms with Crippen LogP contribution >= 0.6 is 0 Å². The maximum atomic E-state index is 14.2. The Morgan fingerprint density at radius 2 is 2.23 bits per heavy atom. The van der Waals surface area contributed by atoms with Crippen LogP contribution in [0.1, 0.15) is 31.7 Å². The van der Waals surface area contributed by atoms with Crippen molar-refractivity contribution in [2.45, 2.75) is 31.8 Å². The molecule has 1 aromatic heterocycles. The number of hydrogen-bond donors (Lipinski definition) is 2. The Morgan fingerprint density at radius 1 is 1.45 bits per heavy atom. The van der Waals surface area contributed by atoms with E-state index in [-0.39, 0.29) is 16.8 Å². The summed E-state index contributed by atoms with van der Waals surface area (Å²) in [5.41, 5.74) is 6.41. The van der Waals surface area contributed by atoms with E-state index in [0.717, 1.165) is 24.8 Å². The summed E-state index contributed by atoms with van der Waals surface area (Å²) >= 11 is 0. The van der Waals surface area contributed by atoms with Gasteiger partial charge in [-0.3, -0.25) is 5.10 Å². The Bertz CT molecular complexity index is 740. The summed E-state index contributed by atoms with van der Waals surface area (Å²) in [6.45, 7) is 2.01. The van der Waals surface area contributed by atoms with Crippen molar-refractivity contribution in [2.24, 2.45) is 11.7 Å². The molecule has 1 saturated carbocycles. The summed E-state index contributed by atoms with van der Waals surface area (Å²) in [5, 5.41) is 6.37. The second-order valence-corrected chi connectivity index (χ2v) is 5.81. The maximum Gasteiger partial charge on any atom is 0.217 e. The fraction of sp³-hybridized carbons (Fsp3) is 0.438. The van der Waals surface area contributed by atoms with Crippen LogP contribution in [0.15, 0.2) is 23.9 Å². The van der Waals surface area contributed by atoms with Crippen LogP contribution in [0.25, 0.3) is 10.9 Å². The van der Waals surface area contributed by atoms with Gasteiger partial charge < -0.3 is 10.5 Å². The predicted octanol–water partition coefficient (Wildman–Crippen LogP) is 3.35. The number of halogens is 2. The molecule has 118 valence electrons. The molecule has 0 amide bonds. The highest BCUT2D eigenvalue weighted by Gasteiger charge is 2.45. The summed E-state index contributed by atoms with van der Waals surface area (Å²) in [6, 6.07) is 2.54. The van der Waals surface area contributed by atoms with Gasteiger partial charge in [0.15, 0.2) is 0 Å². The van der Waals surface area contributed by atoms with Gasteiger partial charge in [-0.1, -0.05) is 6.92 Å². The Labute approximate surface area is 127 Å². The number of ether oxygens (including phenoxy) is 1. The number of nitrogens with one attached hydrogen (secondary N) is 1. The van der Waals surface area contributed by atoms with Gasteiger partial charge >= 0.3 is 0 Å². The molecule has 3 N–H and O–H groups in total. The number of benzene rings is 1. The third kappa shape index (κ3) is 1.94. The predicted molar refractivity (Wildman–Crippen MR) is 80.0 cm³/mol. The number of nitrogens with zero attached hydrogens (tertiary/aromatic N) is 1. The molecule has 1 aliphatic rings. The Balaban J connectivity index is 2.37. The van der Waals surface area contributed by atoms with E-state index in [1.807, 2.05) is 6.92 Å². The number of rotatable bonds is 2. The highest BCUT2D eigenvalue weighted by molar-refractivity contribution is 5.84. The van der Waals surface area contributed by atoms with E-state index in [2.05, 4.69) is 10.2 Å². The van der Waals surface area contributed by atoms with E-state index in [4.69, 9.17) is 10.5 Å². The Hall–Kier alpha value is -1.95. The van der Waals surface area contributed by atoms with Crippen LogP contribution in [0.3, 0.4) is 0 Å². The second-order valence-electron chi connectivity index (χ2n) is 5.81. The first-order valence-corrected chi connectivity index (χ1v) is 7.34. The topological polar surface area (TPSA) is 63.9 Å². The van der Waals surface area contributed by atoms with Gasteiger partial charge in [0.2, 0.25) is 5.95 Å². The van der Waals surface area contributed by atoms with Crippen LogP contribution in [0.5, 0.6) is 0 Å². The first kappa shape index (κ1) is 15.0. The SMILES string of the molecule is COC1(c2cc(F)cc3n[nH]c(F)c23)/C(=C/N)CCCC1C. The summed E-state index contributed by atoms with van der Waals surface area (Å²) in [6.07, 6.45) is 4.12. The number of fused-ring (bicyclic) bond motifs is 1. The molecule has 0 radical (unpaired) electrons.